The largest absolute Gasteiger partial charge is 0.368 e. The van der Waals surface area contributed by atoms with Gasteiger partial charge in [-0.05, 0) is 49.2 Å². The van der Waals surface area contributed by atoms with Crippen LogP contribution in [0.2, 0.25) is 0 Å². The van der Waals surface area contributed by atoms with Gasteiger partial charge in [0.15, 0.2) is 5.82 Å². The SMILES string of the molecule is Cc1cc(-c2cc(Nc3ccc(N4CCN(CCn5cccc(CN6CCC(=O)NC6=O)c5=O)CC4)cn3)ncn2)ccc1[C@@H](C)NC(=O)c1nc(C(C)(C)C)no1. The number of rotatable bonds is 12. The zero-order valence-corrected chi connectivity index (χ0v) is 33.4. The highest BCUT2D eigenvalue weighted by atomic mass is 16.5. The molecule has 0 spiro atoms. The Balaban J connectivity index is 0.893. The van der Waals surface area contributed by atoms with Gasteiger partial charge in [0.25, 0.3) is 5.56 Å². The third-order valence-corrected chi connectivity index (χ3v) is 10.3. The van der Waals surface area contributed by atoms with E-state index in [-0.39, 0.29) is 41.8 Å². The first-order valence-corrected chi connectivity index (χ1v) is 19.4. The predicted molar refractivity (Wildman–Crippen MR) is 217 cm³/mol. The minimum absolute atomic E-state index is 0.0632. The van der Waals surface area contributed by atoms with E-state index in [0.29, 0.717) is 36.1 Å². The monoisotopic (exact) mass is 788 g/mol. The summed E-state index contributed by atoms with van der Waals surface area (Å²) in [4.78, 5) is 73.6. The van der Waals surface area contributed by atoms with Crippen molar-refractivity contribution < 1.29 is 18.9 Å². The highest BCUT2D eigenvalue weighted by Crippen LogP contribution is 2.27. The Hall–Kier alpha value is -6.49. The molecule has 17 nitrogen and oxygen atoms in total. The Morgan fingerprint density at radius 3 is 2.47 bits per heavy atom. The van der Waals surface area contributed by atoms with E-state index >= 15 is 0 Å². The number of aryl methyl sites for hydroxylation is 1. The van der Waals surface area contributed by atoms with E-state index in [9.17, 15) is 19.2 Å². The number of amides is 4. The number of aromatic nitrogens is 6. The number of piperazine rings is 1. The lowest BCUT2D eigenvalue weighted by Crippen LogP contribution is -2.49. The number of hydrogen-bond donors (Lipinski definition) is 3. The molecule has 0 bridgehead atoms. The van der Waals surface area contributed by atoms with Crippen molar-refractivity contribution >= 4 is 35.2 Å². The van der Waals surface area contributed by atoms with Crippen LogP contribution in [0.1, 0.15) is 73.4 Å². The van der Waals surface area contributed by atoms with Crippen molar-refractivity contribution in [3.8, 4) is 11.3 Å². The molecule has 1 aromatic carbocycles. The number of nitrogens with zero attached hydrogens (tertiary/aromatic N) is 9. The average Bonchev–Trinajstić information content (AvgIpc) is 3.72. The zero-order valence-electron chi connectivity index (χ0n) is 33.4. The topological polar surface area (TPSA) is 197 Å². The summed E-state index contributed by atoms with van der Waals surface area (Å²) in [5.41, 5.74) is 4.67. The Kier molecular flexibility index (Phi) is 11.6. The fourth-order valence-corrected chi connectivity index (χ4v) is 6.96. The highest BCUT2D eigenvalue weighted by Gasteiger charge is 2.26. The molecular weight excluding hydrogens is 741 g/mol. The van der Waals surface area contributed by atoms with Crippen LogP contribution in [0.4, 0.5) is 22.1 Å². The van der Waals surface area contributed by atoms with Gasteiger partial charge in [-0.15, -0.1) is 0 Å². The summed E-state index contributed by atoms with van der Waals surface area (Å²) in [6.45, 7) is 14.8. The fraction of sp³-hybridized carbons (Fsp3) is 0.390. The number of nitrogens with one attached hydrogen (secondary N) is 3. The van der Waals surface area contributed by atoms with E-state index in [1.165, 1.54) is 11.2 Å². The number of benzene rings is 1. The standard InChI is InChI=1S/C41H48N12O5/c1-26-21-28(8-10-31(26)27(2)45-36(55)37-48-39(49-58-37)41(3,4)5)32-22-34(44-25-43-32)46-33-11-9-30(23-42-33)51-18-15-50(16-19-51)17-20-52-13-6-7-29(38(52)56)24-53-14-12-35(54)47-40(53)57/h6-11,13,21-23,25,27H,12,14-20,24H2,1-5H3,(H,45,55)(H,47,54,57)(H,42,43,44,46)/t27-/m1/s1. The van der Waals surface area contributed by atoms with Gasteiger partial charge in [0.2, 0.25) is 5.91 Å². The van der Waals surface area contributed by atoms with Crippen molar-refractivity contribution in [1.82, 2.24) is 50.1 Å². The Morgan fingerprint density at radius 1 is 0.948 bits per heavy atom. The Bertz CT molecular complexity index is 2340. The third kappa shape index (κ3) is 9.37. The van der Waals surface area contributed by atoms with E-state index in [2.05, 4.69) is 50.8 Å². The van der Waals surface area contributed by atoms with Crippen LogP contribution in [-0.2, 0) is 23.3 Å². The van der Waals surface area contributed by atoms with Crippen LogP contribution in [-0.4, -0.2) is 96.6 Å². The second kappa shape index (κ2) is 16.9. The lowest BCUT2D eigenvalue weighted by molar-refractivity contribution is -0.121. The molecule has 302 valence electrons. The molecule has 6 heterocycles. The number of carbonyl (C=O) groups excluding carboxylic acids is 3. The van der Waals surface area contributed by atoms with Gasteiger partial charge in [0.1, 0.15) is 18.0 Å². The molecule has 4 amide bonds. The predicted octanol–water partition coefficient (Wildman–Crippen LogP) is 4.19. The molecule has 0 saturated carbocycles. The van der Waals surface area contributed by atoms with Crippen molar-refractivity contribution in [2.75, 3.05) is 49.5 Å². The Labute approximate surface area is 335 Å². The van der Waals surface area contributed by atoms with Crippen LogP contribution in [0, 0.1) is 6.92 Å². The van der Waals surface area contributed by atoms with Crippen molar-refractivity contribution in [3.63, 3.8) is 0 Å². The normalized spacial score (nSPS) is 15.6. The first-order valence-electron chi connectivity index (χ1n) is 19.4. The van der Waals surface area contributed by atoms with Crippen molar-refractivity contribution in [2.45, 2.75) is 65.6 Å². The molecule has 0 radical (unpaired) electrons. The van der Waals surface area contributed by atoms with Gasteiger partial charge in [-0.3, -0.25) is 24.6 Å². The van der Waals surface area contributed by atoms with Gasteiger partial charge in [-0.25, -0.2) is 19.7 Å². The van der Waals surface area contributed by atoms with Gasteiger partial charge in [0, 0.05) is 81.0 Å². The summed E-state index contributed by atoms with van der Waals surface area (Å²) < 4.78 is 6.90. The Morgan fingerprint density at radius 2 is 1.76 bits per heavy atom. The summed E-state index contributed by atoms with van der Waals surface area (Å²) in [7, 11) is 0. The minimum atomic E-state index is -0.464. The number of anilines is 3. The third-order valence-electron chi connectivity index (χ3n) is 10.3. The highest BCUT2D eigenvalue weighted by molar-refractivity contribution is 5.96. The summed E-state index contributed by atoms with van der Waals surface area (Å²) in [6, 6.07) is 14.6. The molecule has 58 heavy (non-hydrogen) atoms. The minimum Gasteiger partial charge on any atom is -0.368 e. The lowest BCUT2D eigenvalue weighted by atomic mass is 9.96. The van der Waals surface area contributed by atoms with Crippen LogP contribution < -0.4 is 26.4 Å². The van der Waals surface area contributed by atoms with Gasteiger partial charge < -0.3 is 29.5 Å². The molecule has 17 heteroatoms. The first-order chi connectivity index (χ1) is 27.8. The van der Waals surface area contributed by atoms with Gasteiger partial charge in [-0.2, -0.15) is 4.98 Å². The zero-order chi connectivity index (χ0) is 41.0. The summed E-state index contributed by atoms with van der Waals surface area (Å²) >= 11 is 0. The van der Waals surface area contributed by atoms with Gasteiger partial charge in [-0.1, -0.05) is 44.1 Å². The summed E-state index contributed by atoms with van der Waals surface area (Å²) in [6.07, 6.45) is 5.37. The van der Waals surface area contributed by atoms with Crippen LogP contribution in [0.3, 0.4) is 0 Å². The molecular formula is C41H48N12O5. The van der Waals surface area contributed by atoms with E-state index in [1.54, 1.807) is 16.8 Å². The van der Waals surface area contributed by atoms with E-state index in [0.717, 1.165) is 60.8 Å². The quantitative estimate of drug-likeness (QED) is 0.163. The molecule has 0 unspecified atom stereocenters. The van der Waals surface area contributed by atoms with E-state index in [4.69, 9.17) is 4.52 Å². The molecule has 7 rings (SSSR count). The van der Waals surface area contributed by atoms with E-state index < -0.39 is 11.9 Å². The molecule has 1 atom stereocenters. The molecule has 2 aliphatic rings. The fourth-order valence-electron chi connectivity index (χ4n) is 6.96. The second-order valence-electron chi connectivity index (χ2n) is 15.6. The number of urea groups is 1. The van der Waals surface area contributed by atoms with Crippen molar-refractivity contribution in [1.29, 1.82) is 0 Å². The summed E-state index contributed by atoms with van der Waals surface area (Å²) in [5.74, 6) is 0.949. The molecule has 3 N–H and O–H groups in total. The number of carbonyl (C=O) groups is 3. The van der Waals surface area contributed by atoms with Gasteiger partial charge >= 0.3 is 17.8 Å². The second-order valence-corrected chi connectivity index (χ2v) is 15.6. The van der Waals surface area contributed by atoms with Crippen LogP contribution in [0.25, 0.3) is 11.3 Å². The maximum absolute atomic E-state index is 13.1. The van der Waals surface area contributed by atoms with E-state index in [1.807, 2.05) is 83.3 Å². The molecule has 5 aromatic rings. The average molecular weight is 789 g/mol. The maximum Gasteiger partial charge on any atom is 0.324 e. The molecule has 0 aliphatic carbocycles. The van der Waals surface area contributed by atoms with Crippen LogP contribution in [0.5, 0.6) is 0 Å². The van der Waals surface area contributed by atoms with Crippen LogP contribution in [0.15, 0.2) is 76.6 Å². The maximum atomic E-state index is 13.1. The lowest BCUT2D eigenvalue weighted by Gasteiger charge is -2.36. The van der Waals surface area contributed by atoms with Crippen LogP contribution >= 0.6 is 0 Å². The molecule has 2 saturated heterocycles. The smallest absolute Gasteiger partial charge is 0.324 e. The summed E-state index contributed by atoms with van der Waals surface area (Å²) in [5, 5.41) is 12.5. The number of pyridine rings is 2. The van der Waals surface area contributed by atoms with Gasteiger partial charge in [0.05, 0.1) is 30.2 Å². The van der Waals surface area contributed by atoms with Crippen molar-refractivity contribution in [2.24, 2.45) is 0 Å². The number of imide groups is 1. The first kappa shape index (κ1) is 39.7. The molecule has 2 aliphatic heterocycles. The molecule has 4 aromatic heterocycles. The number of hydrogen-bond acceptors (Lipinski definition) is 13. The van der Waals surface area contributed by atoms with Crippen molar-refractivity contribution in [3.05, 3.63) is 106 Å². The molecule has 2 fully saturated rings.